The summed E-state index contributed by atoms with van der Waals surface area (Å²) in [5, 5.41) is 11.4. The van der Waals surface area contributed by atoms with Gasteiger partial charge in [-0.1, -0.05) is 18.5 Å². The van der Waals surface area contributed by atoms with E-state index in [1.165, 1.54) is 0 Å². The van der Waals surface area contributed by atoms with Gasteiger partial charge < -0.3 is 19.9 Å². The third-order valence-electron chi connectivity index (χ3n) is 2.14. The molecule has 0 aliphatic rings. The molecule has 1 amide bonds. The van der Waals surface area contributed by atoms with Gasteiger partial charge in [0, 0.05) is 5.02 Å². The van der Waals surface area contributed by atoms with E-state index in [4.69, 9.17) is 26.2 Å². The molecule has 0 aliphatic carbocycles. The molecule has 0 saturated heterocycles. The summed E-state index contributed by atoms with van der Waals surface area (Å²) in [5.74, 6) is -1.11. The number of carboxylic acids is 1. The van der Waals surface area contributed by atoms with Gasteiger partial charge in [0.15, 0.2) is 0 Å². The van der Waals surface area contributed by atoms with Gasteiger partial charge in [-0.3, -0.25) is 4.79 Å². The number of halogens is 1. The molecule has 7 heteroatoms. The zero-order valence-corrected chi connectivity index (χ0v) is 11.8. The Bertz CT molecular complexity index is 478. The molecule has 0 saturated carbocycles. The fourth-order valence-corrected chi connectivity index (χ4v) is 1.53. The summed E-state index contributed by atoms with van der Waals surface area (Å²) in [7, 11) is 0. The number of anilines is 1. The number of benzene rings is 1. The zero-order chi connectivity index (χ0) is 15.0. The quantitative estimate of drug-likeness (QED) is 0.768. The number of nitrogens with one attached hydrogen (secondary N) is 1. The highest BCUT2D eigenvalue weighted by Gasteiger charge is 2.10. The van der Waals surface area contributed by atoms with E-state index < -0.39 is 18.5 Å². The van der Waals surface area contributed by atoms with Crippen LogP contribution in [0.1, 0.15) is 13.3 Å². The number of rotatable bonds is 8. The average molecular weight is 302 g/mol. The van der Waals surface area contributed by atoms with E-state index in [0.717, 1.165) is 6.42 Å². The standard InChI is InChI=1S/C13H16ClNO5/c1-2-5-20-11-4-3-9(14)6-10(11)15-12(16)7-19-8-13(17)18/h3-4,6H,2,5,7-8H2,1H3,(H,15,16)(H,17,18). The van der Waals surface area contributed by atoms with Crippen LogP contribution in [-0.2, 0) is 14.3 Å². The third kappa shape index (κ3) is 5.90. The lowest BCUT2D eigenvalue weighted by molar-refractivity contribution is -0.143. The van der Waals surface area contributed by atoms with Crippen LogP contribution in [0.3, 0.4) is 0 Å². The SMILES string of the molecule is CCCOc1ccc(Cl)cc1NC(=O)COCC(=O)O. The van der Waals surface area contributed by atoms with E-state index >= 15 is 0 Å². The third-order valence-corrected chi connectivity index (χ3v) is 2.37. The Morgan fingerprint density at radius 1 is 1.35 bits per heavy atom. The molecule has 0 atom stereocenters. The molecule has 0 aliphatic heterocycles. The van der Waals surface area contributed by atoms with E-state index in [9.17, 15) is 9.59 Å². The molecular formula is C13H16ClNO5. The number of hydrogen-bond acceptors (Lipinski definition) is 4. The van der Waals surface area contributed by atoms with Crippen LogP contribution in [0.2, 0.25) is 5.02 Å². The molecular weight excluding hydrogens is 286 g/mol. The van der Waals surface area contributed by atoms with Crippen molar-refractivity contribution >= 4 is 29.2 Å². The molecule has 0 spiro atoms. The summed E-state index contributed by atoms with van der Waals surface area (Å²) in [6.45, 7) is 1.60. The van der Waals surface area contributed by atoms with Crippen LogP contribution >= 0.6 is 11.6 Å². The fraction of sp³-hybridized carbons (Fsp3) is 0.385. The first kappa shape index (κ1) is 16.3. The molecule has 0 bridgehead atoms. The number of aliphatic carboxylic acids is 1. The molecule has 0 heterocycles. The van der Waals surface area contributed by atoms with Crippen molar-refractivity contribution in [3.05, 3.63) is 23.2 Å². The van der Waals surface area contributed by atoms with Gasteiger partial charge in [-0.2, -0.15) is 0 Å². The first-order chi connectivity index (χ1) is 9.52. The molecule has 1 rings (SSSR count). The van der Waals surface area contributed by atoms with Gasteiger partial charge in [-0.15, -0.1) is 0 Å². The predicted molar refractivity (Wildman–Crippen MR) is 74.3 cm³/mol. The maximum Gasteiger partial charge on any atom is 0.329 e. The highest BCUT2D eigenvalue weighted by molar-refractivity contribution is 6.31. The van der Waals surface area contributed by atoms with Crippen LogP contribution in [0.4, 0.5) is 5.69 Å². The van der Waals surface area contributed by atoms with Gasteiger partial charge in [0.05, 0.1) is 12.3 Å². The molecule has 0 aromatic heterocycles. The Labute approximate surface area is 121 Å². The minimum atomic E-state index is -1.13. The Balaban J connectivity index is 2.62. The highest BCUT2D eigenvalue weighted by Crippen LogP contribution is 2.28. The van der Waals surface area contributed by atoms with Crippen molar-refractivity contribution in [2.75, 3.05) is 25.1 Å². The molecule has 1 aromatic carbocycles. The Hall–Kier alpha value is -1.79. The topological polar surface area (TPSA) is 84.9 Å². The molecule has 0 radical (unpaired) electrons. The Kier molecular flexibility index (Phi) is 6.83. The van der Waals surface area contributed by atoms with Crippen molar-refractivity contribution < 1.29 is 24.2 Å². The van der Waals surface area contributed by atoms with Crippen molar-refractivity contribution in [2.24, 2.45) is 0 Å². The van der Waals surface area contributed by atoms with Crippen LogP contribution in [0.25, 0.3) is 0 Å². The molecule has 1 aromatic rings. The normalized spacial score (nSPS) is 10.1. The maximum absolute atomic E-state index is 11.6. The second-order valence-electron chi connectivity index (χ2n) is 3.92. The van der Waals surface area contributed by atoms with Gasteiger partial charge in [-0.25, -0.2) is 4.79 Å². The Morgan fingerprint density at radius 3 is 2.75 bits per heavy atom. The van der Waals surface area contributed by atoms with Crippen molar-refractivity contribution in [1.82, 2.24) is 0 Å². The van der Waals surface area contributed by atoms with Gasteiger partial charge in [0.2, 0.25) is 5.91 Å². The summed E-state index contributed by atoms with van der Waals surface area (Å²) < 4.78 is 10.2. The summed E-state index contributed by atoms with van der Waals surface area (Å²) in [6, 6.07) is 4.87. The minimum absolute atomic E-state index is 0.355. The van der Waals surface area contributed by atoms with Gasteiger partial charge >= 0.3 is 5.97 Å². The molecule has 6 nitrogen and oxygen atoms in total. The molecule has 110 valence electrons. The van der Waals surface area contributed by atoms with Gasteiger partial charge in [0.1, 0.15) is 19.0 Å². The van der Waals surface area contributed by atoms with E-state index in [-0.39, 0.29) is 6.61 Å². The Morgan fingerprint density at radius 2 is 2.10 bits per heavy atom. The van der Waals surface area contributed by atoms with E-state index in [2.05, 4.69) is 5.32 Å². The lowest BCUT2D eigenvalue weighted by Crippen LogP contribution is -2.21. The van der Waals surface area contributed by atoms with Gasteiger partial charge in [0.25, 0.3) is 0 Å². The largest absolute Gasteiger partial charge is 0.491 e. The minimum Gasteiger partial charge on any atom is -0.491 e. The maximum atomic E-state index is 11.6. The summed E-state index contributed by atoms with van der Waals surface area (Å²) >= 11 is 5.86. The van der Waals surface area contributed by atoms with Crippen LogP contribution in [0, 0.1) is 0 Å². The van der Waals surface area contributed by atoms with Crippen LogP contribution in [-0.4, -0.2) is 36.8 Å². The van der Waals surface area contributed by atoms with Crippen molar-refractivity contribution in [2.45, 2.75) is 13.3 Å². The number of carbonyl (C=O) groups is 2. The first-order valence-electron chi connectivity index (χ1n) is 6.04. The first-order valence-corrected chi connectivity index (χ1v) is 6.42. The summed E-state index contributed by atoms with van der Waals surface area (Å²) in [6.07, 6.45) is 0.831. The van der Waals surface area contributed by atoms with Crippen LogP contribution < -0.4 is 10.1 Å². The van der Waals surface area contributed by atoms with E-state index in [0.29, 0.717) is 23.1 Å². The van der Waals surface area contributed by atoms with Crippen molar-refractivity contribution in [3.63, 3.8) is 0 Å². The lowest BCUT2D eigenvalue weighted by atomic mass is 10.3. The number of amides is 1. The van der Waals surface area contributed by atoms with Crippen molar-refractivity contribution in [1.29, 1.82) is 0 Å². The fourth-order valence-electron chi connectivity index (χ4n) is 1.36. The monoisotopic (exact) mass is 301 g/mol. The average Bonchev–Trinajstić information content (AvgIpc) is 2.37. The zero-order valence-electron chi connectivity index (χ0n) is 11.0. The smallest absolute Gasteiger partial charge is 0.329 e. The number of ether oxygens (including phenoxy) is 2. The number of carboxylic acid groups (broad SMARTS) is 1. The molecule has 2 N–H and O–H groups in total. The molecule has 20 heavy (non-hydrogen) atoms. The van der Waals surface area contributed by atoms with Crippen LogP contribution in [0.5, 0.6) is 5.75 Å². The molecule has 0 fully saturated rings. The molecule has 0 unspecified atom stereocenters. The predicted octanol–water partition coefficient (Wildman–Crippen LogP) is 2.17. The number of carbonyl (C=O) groups excluding carboxylic acids is 1. The van der Waals surface area contributed by atoms with Crippen molar-refractivity contribution in [3.8, 4) is 5.75 Å². The second-order valence-corrected chi connectivity index (χ2v) is 4.36. The van der Waals surface area contributed by atoms with Gasteiger partial charge in [-0.05, 0) is 24.6 Å². The van der Waals surface area contributed by atoms with E-state index in [1.54, 1.807) is 18.2 Å². The van der Waals surface area contributed by atoms with Crippen LogP contribution in [0.15, 0.2) is 18.2 Å². The lowest BCUT2D eigenvalue weighted by Gasteiger charge is -2.12. The summed E-state index contributed by atoms with van der Waals surface area (Å²) in [5.41, 5.74) is 0.426. The van der Waals surface area contributed by atoms with E-state index in [1.807, 2.05) is 6.92 Å². The number of hydrogen-bond donors (Lipinski definition) is 2. The second kappa shape index (κ2) is 8.39. The summed E-state index contributed by atoms with van der Waals surface area (Å²) in [4.78, 5) is 21.9. The highest BCUT2D eigenvalue weighted by atomic mass is 35.5.